The fourth-order valence-electron chi connectivity index (χ4n) is 2.10. The predicted molar refractivity (Wildman–Crippen MR) is 78.2 cm³/mol. The summed E-state index contributed by atoms with van der Waals surface area (Å²) in [5.41, 5.74) is 0.482. The largest absolute Gasteiger partial charge is 0.394 e. The number of rotatable bonds is 7. The molecule has 1 aromatic carbocycles. The van der Waals surface area contributed by atoms with Gasteiger partial charge < -0.3 is 9.84 Å². The summed E-state index contributed by atoms with van der Waals surface area (Å²) in [7, 11) is 1.65. The maximum absolute atomic E-state index is 9.85. The summed E-state index contributed by atoms with van der Waals surface area (Å²) in [4.78, 5) is 1.24. The highest BCUT2D eigenvalue weighted by atomic mass is 32.1. The zero-order valence-electron chi connectivity index (χ0n) is 11.0. The Balaban J connectivity index is 2.18. The number of hydrogen-bond acceptors (Lipinski definition) is 4. The molecule has 1 aromatic heterocycles. The molecule has 0 saturated heterocycles. The van der Waals surface area contributed by atoms with Crippen LogP contribution in [-0.2, 0) is 16.8 Å². The van der Waals surface area contributed by atoms with Crippen LogP contribution in [0, 0.1) is 0 Å². The first-order valence-electron chi connectivity index (χ1n) is 6.23. The average molecular weight is 277 g/mol. The van der Waals surface area contributed by atoms with Crippen LogP contribution in [0.1, 0.15) is 10.4 Å². The maximum atomic E-state index is 9.85. The number of thiophene rings is 1. The Labute approximate surface area is 117 Å². The van der Waals surface area contributed by atoms with Crippen molar-refractivity contribution in [2.75, 3.05) is 20.3 Å². The van der Waals surface area contributed by atoms with Gasteiger partial charge in [0.25, 0.3) is 0 Å². The Bertz CT molecular complexity index is 472. The lowest BCUT2D eigenvalue weighted by Crippen LogP contribution is -2.48. The van der Waals surface area contributed by atoms with E-state index in [9.17, 15) is 5.11 Å². The van der Waals surface area contributed by atoms with Crippen molar-refractivity contribution in [3.63, 3.8) is 0 Å². The zero-order chi connectivity index (χ0) is 13.6. The van der Waals surface area contributed by atoms with Crippen LogP contribution >= 0.6 is 11.3 Å². The van der Waals surface area contributed by atoms with Crippen LogP contribution in [0.3, 0.4) is 0 Å². The molecule has 3 nitrogen and oxygen atoms in total. The molecule has 0 aliphatic heterocycles. The number of aliphatic hydroxyl groups is 1. The third-order valence-corrected chi connectivity index (χ3v) is 4.04. The number of nitrogens with one attached hydrogen (secondary N) is 1. The van der Waals surface area contributed by atoms with Crippen molar-refractivity contribution in [2.45, 2.75) is 12.1 Å². The van der Waals surface area contributed by atoms with Crippen molar-refractivity contribution in [3.05, 3.63) is 58.3 Å². The minimum absolute atomic E-state index is 0.00374. The fraction of sp³-hybridized carbons (Fsp3) is 0.333. The van der Waals surface area contributed by atoms with Crippen LogP contribution in [0.25, 0.3) is 0 Å². The zero-order valence-corrected chi connectivity index (χ0v) is 11.8. The van der Waals surface area contributed by atoms with Gasteiger partial charge in [-0.25, -0.2) is 0 Å². The first-order chi connectivity index (χ1) is 9.30. The van der Waals surface area contributed by atoms with E-state index in [1.807, 2.05) is 36.4 Å². The summed E-state index contributed by atoms with van der Waals surface area (Å²) < 4.78 is 5.30. The Morgan fingerprint density at radius 2 is 2.00 bits per heavy atom. The molecule has 2 aromatic rings. The smallest absolute Gasteiger partial charge is 0.0908 e. The molecule has 0 amide bonds. The topological polar surface area (TPSA) is 41.5 Å². The first-order valence-corrected chi connectivity index (χ1v) is 7.11. The van der Waals surface area contributed by atoms with E-state index in [0.717, 1.165) is 12.1 Å². The molecule has 2 rings (SSSR count). The van der Waals surface area contributed by atoms with Crippen LogP contribution < -0.4 is 5.32 Å². The van der Waals surface area contributed by atoms with Crippen molar-refractivity contribution in [3.8, 4) is 0 Å². The second-order valence-electron chi connectivity index (χ2n) is 4.47. The van der Waals surface area contributed by atoms with Crippen LogP contribution in [0.2, 0.25) is 0 Å². The van der Waals surface area contributed by atoms with Gasteiger partial charge in [0.05, 0.1) is 18.8 Å². The molecule has 1 atom stereocenters. The van der Waals surface area contributed by atoms with E-state index in [2.05, 4.69) is 16.8 Å². The third kappa shape index (κ3) is 3.42. The number of ether oxygens (including phenoxy) is 1. The highest BCUT2D eigenvalue weighted by Crippen LogP contribution is 2.22. The van der Waals surface area contributed by atoms with Crippen LogP contribution in [0.15, 0.2) is 47.8 Å². The number of hydrogen-bond donors (Lipinski definition) is 2. The molecule has 0 aliphatic carbocycles. The standard InChI is InChI=1S/C15H19NO2S/c1-18-12-15(11-17,13-6-3-2-4-7-13)16-10-14-8-5-9-19-14/h2-9,16-17H,10-12H2,1H3. The van der Waals surface area contributed by atoms with Gasteiger partial charge in [-0.1, -0.05) is 36.4 Å². The lowest BCUT2D eigenvalue weighted by molar-refractivity contribution is 0.0594. The number of benzene rings is 1. The molecule has 0 radical (unpaired) electrons. The Kier molecular flexibility index (Phi) is 5.10. The quantitative estimate of drug-likeness (QED) is 0.816. The summed E-state index contributed by atoms with van der Waals surface area (Å²) >= 11 is 1.70. The lowest BCUT2D eigenvalue weighted by atomic mass is 9.91. The van der Waals surface area contributed by atoms with E-state index in [0.29, 0.717) is 6.61 Å². The highest BCUT2D eigenvalue weighted by molar-refractivity contribution is 7.09. The molecular weight excluding hydrogens is 258 g/mol. The van der Waals surface area contributed by atoms with E-state index < -0.39 is 5.54 Å². The van der Waals surface area contributed by atoms with E-state index in [4.69, 9.17) is 4.74 Å². The molecule has 0 fully saturated rings. The number of methoxy groups -OCH3 is 1. The molecule has 0 aliphatic rings. The minimum Gasteiger partial charge on any atom is -0.394 e. The van der Waals surface area contributed by atoms with Gasteiger partial charge in [0.1, 0.15) is 0 Å². The fourth-order valence-corrected chi connectivity index (χ4v) is 2.75. The number of aliphatic hydroxyl groups excluding tert-OH is 1. The highest BCUT2D eigenvalue weighted by Gasteiger charge is 2.31. The summed E-state index contributed by atoms with van der Waals surface area (Å²) in [5, 5.41) is 15.3. The molecule has 0 saturated carbocycles. The van der Waals surface area contributed by atoms with Gasteiger partial charge in [-0.2, -0.15) is 0 Å². The molecule has 102 valence electrons. The first kappa shape index (κ1) is 14.2. The molecule has 2 N–H and O–H groups in total. The van der Waals surface area contributed by atoms with Gasteiger partial charge in [0, 0.05) is 18.5 Å². The van der Waals surface area contributed by atoms with Gasteiger partial charge in [-0.05, 0) is 17.0 Å². The van der Waals surface area contributed by atoms with Crippen molar-refractivity contribution < 1.29 is 9.84 Å². The second kappa shape index (κ2) is 6.82. The molecule has 1 heterocycles. The summed E-state index contributed by atoms with van der Waals surface area (Å²) in [6.45, 7) is 1.14. The van der Waals surface area contributed by atoms with E-state index in [-0.39, 0.29) is 6.61 Å². The van der Waals surface area contributed by atoms with Gasteiger partial charge in [-0.3, -0.25) is 5.32 Å². The van der Waals surface area contributed by atoms with Crippen molar-refractivity contribution >= 4 is 11.3 Å². The Hall–Kier alpha value is -1.20. The third-order valence-electron chi connectivity index (χ3n) is 3.17. The van der Waals surface area contributed by atoms with Crippen molar-refractivity contribution in [1.29, 1.82) is 0 Å². The molecule has 0 spiro atoms. The van der Waals surface area contributed by atoms with Crippen LogP contribution in [0.4, 0.5) is 0 Å². The summed E-state index contributed by atoms with van der Waals surface area (Å²) in [6, 6.07) is 14.0. The van der Waals surface area contributed by atoms with Gasteiger partial charge in [-0.15, -0.1) is 11.3 Å². The maximum Gasteiger partial charge on any atom is 0.0908 e. The summed E-state index contributed by atoms with van der Waals surface area (Å²) in [6.07, 6.45) is 0. The molecular formula is C15H19NO2S. The normalized spacial score (nSPS) is 14.2. The van der Waals surface area contributed by atoms with E-state index in [1.54, 1.807) is 18.4 Å². The van der Waals surface area contributed by atoms with Gasteiger partial charge in [0.15, 0.2) is 0 Å². The van der Waals surface area contributed by atoms with E-state index in [1.165, 1.54) is 4.88 Å². The molecule has 4 heteroatoms. The van der Waals surface area contributed by atoms with Crippen molar-refractivity contribution in [1.82, 2.24) is 5.32 Å². The Morgan fingerprint density at radius 3 is 2.58 bits per heavy atom. The lowest BCUT2D eigenvalue weighted by Gasteiger charge is -2.33. The van der Waals surface area contributed by atoms with Crippen LogP contribution in [-0.4, -0.2) is 25.4 Å². The van der Waals surface area contributed by atoms with Gasteiger partial charge >= 0.3 is 0 Å². The van der Waals surface area contributed by atoms with Crippen molar-refractivity contribution in [2.24, 2.45) is 0 Å². The average Bonchev–Trinajstić information content (AvgIpc) is 2.98. The predicted octanol–water partition coefficient (Wildman–Crippen LogP) is 2.37. The molecule has 0 bridgehead atoms. The molecule has 1 unspecified atom stereocenters. The van der Waals surface area contributed by atoms with Gasteiger partial charge in [0.2, 0.25) is 0 Å². The SMILES string of the molecule is COCC(CO)(NCc1cccs1)c1ccccc1. The minimum atomic E-state index is -0.556. The Morgan fingerprint density at radius 1 is 1.21 bits per heavy atom. The monoisotopic (exact) mass is 277 g/mol. The van der Waals surface area contributed by atoms with Crippen LogP contribution in [0.5, 0.6) is 0 Å². The molecule has 19 heavy (non-hydrogen) atoms. The van der Waals surface area contributed by atoms with E-state index >= 15 is 0 Å². The second-order valence-corrected chi connectivity index (χ2v) is 5.50. The summed E-state index contributed by atoms with van der Waals surface area (Å²) in [5.74, 6) is 0.